The molecule has 122 valence electrons. The molecular weight excluding hydrogens is 314 g/mol. The Morgan fingerprint density at radius 2 is 1.28 bits per heavy atom. The average molecular weight is 329 g/mol. The zero-order chi connectivity index (χ0) is 17.3. The van der Waals surface area contributed by atoms with Crippen LogP contribution in [0.4, 0.5) is 0 Å². The molecule has 4 heteroatoms. The van der Waals surface area contributed by atoms with Gasteiger partial charge in [0.05, 0.1) is 4.92 Å². The van der Waals surface area contributed by atoms with Crippen molar-refractivity contribution in [3.05, 3.63) is 117 Å². The Balaban J connectivity index is 2.06. The fourth-order valence-corrected chi connectivity index (χ4v) is 3.27. The van der Waals surface area contributed by atoms with Gasteiger partial charge in [0.25, 0.3) is 5.70 Å². The smallest absolute Gasteiger partial charge is 0.299 e. The van der Waals surface area contributed by atoms with Gasteiger partial charge in [0.1, 0.15) is 5.75 Å². The topological polar surface area (TPSA) is 52.4 Å². The highest BCUT2D eigenvalue weighted by Crippen LogP contribution is 2.46. The minimum absolute atomic E-state index is 0.00333. The summed E-state index contributed by atoms with van der Waals surface area (Å²) in [6.45, 7) is 0. The van der Waals surface area contributed by atoms with Gasteiger partial charge in [-0.25, -0.2) is 0 Å². The van der Waals surface area contributed by atoms with E-state index in [0.29, 0.717) is 11.3 Å². The normalized spacial score (nSPS) is 14.8. The minimum Gasteiger partial charge on any atom is -0.466 e. The molecule has 1 aliphatic heterocycles. The molecule has 25 heavy (non-hydrogen) atoms. The van der Waals surface area contributed by atoms with Crippen LogP contribution in [-0.2, 0) is 5.60 Å². The first-order valence-electron chi connectivity index (χ1n) is 7.97. The maximum absolute atomic E-state index is 12.0. The number of fused-ring (bicyclic) bond motifs is 1. The number of nitrogens with zero attached hydrogens (tertiary/aromatic N) is 1. The highest BCUT2D eigenvalue weighted by atomic mass is 16.6. The summed E-state index contributed by atoms with van der Waals surface area (Å²) in [5.74, 6) is 0.626. The fraction of sp³-hybridized carbons (Fsp3) is 0.0476. The van der Waals surface area contributed by atoms with Gasteiger partial charge in [-0.05, 0) is 6.07 Å². The van der Waals surface area contributed by atoms with Gasteiger partial charge in [-0.1, -0.05) is 78.9 Å². The minimum atomic E-state index is -1.29. The number of rotatable bonds is 3. The zero-order valence-corrected chi connectivity index (χ0v) is 13.3. The van der Waals surface area contributed by atoms with Crippen LogP contribution < -0.4 is 4.74 Å². The summed E-state index contributed by atoms with van der Waals surface area (Å²) in [4.78, 5) is 11.6. The number of hydrogen-bond donors (Lipinski definition) is 0. The molecule has 0 aliphatic carbocycles. The van der Waals surface area contributed by atoms with Crippen LogP contribution in [0, 0.1) is 10.1 Å². The van der Waals surface area contributed by atoms with E-state index in [9.17, 15) is 10.1 Å². The molecule has 4 rings (SSSR count). The van der Waals surface area contributed by atoms with Crippen molar-refractivity contribution in [2.45, 2.75) is 5.60 Å². The monoisotopic (exact) mass is 329 g/mol. The largest absolute Gasteiger partial charge is 0.466 e. The summed E-state index contributed by atoms with van der Waals surface area (Å²) in [5, 5.41) is 12.0. The van der Waals surface area contributed by atoms with Gasteiger partial charge in [0, 0.05) is 22.8 Å². The molecule has 0 fully saturated rings. The van der Waals surface area contributed by atoms with Crippen molar-refractivity contribution in [3.63, 3.8) is 0 Å². The molecule has 4 nitrogen and oxygen atoms in total. The van der Waals surface area contributed by atoms with E-state index in [0.717, 1.165) is 11.1 Å². The Morgan fingerprint density at radius 1 is 0.760 bits per heavy atom. The summed E-state index contributed by atoms with van der Waals surface area (Å²) < 4.78 is 6.36. The maximum atomic E-state index is 12.0. The highest BCUT2D eigenvalue weighted by Gasteiger charge is 2.50. The molecule has 3 aromatic rings. The molecule has 0 bridgehead atoms. The Labute approximate surface area is 145 Å². The van der Waals surface area contributed by atoms with Crippen molar-refractivity contribution in [1.29, 1.82) is 0 Å². The molecule has 3 aromatic carbocycles. The van der Waals surface area contributed by atoms with E-state index >= 15 is 0 Å². The van der Waals surface area contributed by atoms with Gasteiger partial charge in [-0.3, -0.25) is 10.1 Å². The van der Waals surface area contributed by atoms with E-state index < -0.39 is 5.60 Å². The predicted molar refractivity (Wildman–Crippen MR) is 95.7 cm³/mol. The van der Waals surface area contributed by atoms with E-state index in [2.05, 4.69) is 0 Å². The number of para-hydroxylation sites is 1. The van der Waals surface area contributed by atoms with Crippen LogP contribution in [0.3, 0.4) is 0 Å². The third kappa shape index (κ3) is 2.39. The van der Waals surface area contributed by atoms with Crippen molar-refractivity contribution >= 4 is 6.08 Å². The van der Waals surface area contributed by atoms with Crippen LogP contribution in [0.5, 0.6) is 5.75 Å². The Bertz CT molecular complexity index is 910. The fourth-order valence-electron chi connectivity index (χ4n) is 3.27. The van der Waals surface area contributed by atoms with Crippen LogP contribution in [0.15, 0.2) is 90.6 Å². The van der Waals surface area contributed by atoms with E-state index in [4.69, 9.17) is 4.74 Å². The molecule has 0 unspecified atom stereocenters. The predicted octanol–water partition coefficient (Wildman–Crippen LogP) is 4.64. The third-order valence-corrected chi connectivity index (χ3v) is 4.39. The van der Waals surface area contributed by atoms with E-state index in [1.807, 2.05) is 84.9 Å². The van der Waals surface area contributed by atoms with Crippen LogP contribution >= 0.6 is 0 Å². The lowest BCUT2D eigenvalue weighted by atomic mass is 9.81. The second kappa shape index (κ2) is 5.91. The lowest BCUT2D eigenvalue weighted by Gasteiger charge is -2.35. The molecule has 0 saturated carbocycles. The molecule has 0 saturated heterocycles. The van der Waals surface area contributed by atoms with Gasteiger partial charge in [0.2, 0.25) is 5.60 Å². The molecule has 0 radical (unpaired) electrons. The van der Waals surface area contributed by atoms with Crippen molar-refractivity contribution in [2.75, 3.05) is 0 Å². The molecular formula is C21H15NO3. The Morgan fingerprint density at radius 3 is 1.84 bits per heavy atom. The molecule has 1 heterocycles. The molecule has 0 aromatic heterocycles. The summed E-state index contributed by atoms with van der Waals surface area (Å²) in [6, 6.07) is 26.0. The number of benzene rings is 3. The van der Waals surface area contributed by atoms with Gasteiger partial charge in [-0.2, -0.15) is 0 Å². The second-order valence-corrected chi connectivity index (χ2v) is 5.84. The summed E-state index contributed by atoms with van der Waals surface area (Å²) in [5.41, 5.74) is 0.859. The standard InChI is InChI=1S/C21H15NO3/c23-22(24)20-15-16-9-7-8-14-19(16)25-21(20,17-10-3-1-4-11-17)18-12-5-2-6-13-18/h1-15H. The van der Waals surface area contributed by atoms with Crippen molar-refractivity contribution in [2.24, 2.45) is 0 Å². The molecule has 0 amide bonds. The summed E-state index contributed by atoms with van der Waals surface area (Å²) >= 11 is 0. The Kier molecular flexibility index (Phi) is 3.58. The number of nitro groups is 1. The quantitative estimate of drug-likeness (QED) is 0.519. The average Bonchev–Trinajstić information content (AvgIpc) is 2.68. The summed E-state index contributed by atoms with van der Waals surface area (Å²) in [7, 11) is 0. The van der Waals surface area contributed by atoms with E-state index in [1.165, 1.54) is 0 Å². The highest BCUT2D eigenvalue weighted by molar-refractivity contribution is 5.66. The van der Waals surface area contributed by atoms with E-state index in [-0.39, 0.29) is 10.6 Å². The first-order chi connectivity index (χ1) is 12.2. The van der Waals surface area contributed by atoms with Crippen LogP contribution in [0.25, 0.3) is 6.08 Å². The SMILES string of the molecule is O=[N+]([O-])C1=Cc2ccccc2OC1(c1ccccc1)c1ccccc1. The number of ether oxygens (including phenoxy) is 1. The summed E-state index contributed by atoms with van der Waals surface area (Å²) in [6.07, 6.45) is 1.61. The Hall–Kier alpha value is -3.40. The van der Waals surface area contributed by atoms with Gasteiger partial charge in [0.15, 0.2) is 0 Å². The van der Waals surface area contributed by atoms with Crippen molar-refractivity contribution < 1.29 is 9.66 Å². The lowest BCUT2D eigenvalue weighted by Crippen LogP contribution is -2.41. The van der Waals surface area contributed by atoms with Gasteiger partial charge in [-0.15, -0.1) is 0 Å². The van der Waals surface area contributed by atoms with Gasteiger partial charge >= 0.3 is 0 Å². The van der Waals surface area contributed by atoms with Gasteiger partial charge < -0.3 is 4.74 Å². The molecule has 0 atom stereocenters. The second-order valence-electron chi connectivity index (χ2n) is 5.84. The van der Waals surface area contributed by atoms with Crippen LogP contribution in [0.2, 0.25) is 0 Å². The zero-order valence-electron chi connectivity index (χ0n) is 13.3. The van der Waals surface area contributed by atoms with Crippen LogP contribution in [-0.4, -0.2) is 4.92 Å². The van der Waals surface area contributed by atoms with Crippen LogP contribution in [0.1, 0.15) is 16.7 Å². The third-order valence-electron chi connectivity index (χ3n) is 4.39. The molecule has 0 spiro atoms. The number of hydrogen-bond acceptors (Lipinski definition) is 3. The van der Waals surface area contributed by atoms with Crippen molar-refractivity contribution in [1.82, 2.24) is 0 Å². The van der Waals surface area contributed by atoms with E-state index in [1.54, 1.807) is 6.08 Å². The first kappa shape index (κ1) is 15.1. The maximum Gasteiger partial charge on any atom is 0.299 e. The first-order valence-corrected chi connectivity index (χ1v) is 7.97. The molecule has 0 N–H and O–H groups in total. The van der Waals surface area contributed by atoms with Crippen molar-refractivity contribution in [3.8, 4) is 5.75 Å². The molecule has 1 aliphatic rings. The lowest BCUT2D eigenvalue weighted by molar-refractivity contribution is -0.440.